The van der Waals surface area contributed by atoms with Crippen LogP contribution in [0, 0.1) is 0 Å². The zero-order chi connectivity index (χ0) is 15.3. The van der Waals surface area contributed by atoms with Crippen molar-refractivity contribution in [2.45, 2.75) is 6.61 Å². The number of nitrogens with two attached hydrogens (primary N) is 4. The number of hydrogen-bond acceptors (Lipinski definition) is 4. The van der Waals surface area contributed by atoms with Crippen molar-refractivity contribution in [2.75, 3.05) is 0 Å². The molecule has 126 valence electrons. The molecule has 1 aromatic rings. The lowest BCUT2D eigenvalue weighted by Gasteiger charge is -2.07. The second kappa shape index (κ2) is 9.46. The lowest BCUT2D eigenvalue weighted by Crippen LogP contribution is -2.22. The molecule has 0 saturated carbocycles. The van der Waals surface area contributed by atoms with Gasteiger partial charge in [-0.2, -0.15) is 0 Å². The number of halogens is 2. The first-order valence-corrected chi connectivity index (χ1v) is 6.72. The highest BCUT2D eigenvalue weighted by molar-refractivity contribution is 7.46. The van der Waals surface area contributed by atoms with Crippen LogP contribution in [0.15, 0.2) is 28.2 Å². The number of phosphoric ester groups is 1. The lowest BCUT2D eigenvalue weighted by atomic mass is 10.2. The Hall–Kier alpha value is -1.55. The Kier molecular flexibility index (Phi) is 9.78. The summed E-state index contributed by atoms with van der Waals surface area (Å²) >= 11 is 0. The van der Waals surface area contributed by atoms with Gasteiger partial charge in [-0.25, -0.2) is 14.5 Å². The summed E-state index contributed by atoms with van der Waals surface area (Å²) < 4.78 is 15.0. The lowest BCUT2D eigenvalue weighted by molar-refractivity contribution is 0.189. The van der Waals surface area contributed by atoms with E-state index < -0.39 is 7.82 Å². The van der Waals surface area contributed by atoms with Crippen molar-refractivity contribution >= 4 is 55.9 Å². The van der Waals surface area contributed by atoms with Gasteiger partial charge in [-0.3, -0.25) is 4.52 Å². The molecule has 0 fully saturated rings. The summed E-state index contributed by atoms with van der Waals surface area (Å²) in [7, 11) is -4.59. The largest absolute Gasteiger partial charge is 0.469 e. The van der Waals surface area contributed by atoms with E-state index in [9.17, 15) is 4.57 Å². The maximum Gasteiger partial charge on any atom is 0.469 e. The fourth-order valence-corrected chi connectivity index (χ4v) is 1.64. The van der Waals surface area contributed by atoms with Gasteiger partial charge < -0.3 is 32.7 Å². The number of nitrogens with zero attached hydrogens (tertiary/aromatic N) is 2. The Balaban J connectivity index is 0. The molecular weight excluding hydrogens is 358 g/mol. The van der Waals surface area contributed by atoms with Crippen molar-refractivity contribution < 1.29 is 18.9 Å². The Morgan fingerprint density at radius 1 is 1.00 bits per heavy atom. The molecule has 0 spiro atoms. The van der Waals surface area contributed by atoms with E-state index in [0.29, 0.717) is 16.9 Å². The van der Waals surface area contributed by atoms with Crippen molar-refractivity contribution in [2.24, 2.45) is 32.9 Å². The highest BCUT2D eigenvalue weighted by Gasteiger charge is 2.14. The molecular formula is C9H17Cl2N6O4P. The molecule has 0 radical (unpaired) electrons. The third-order valence-electron chi connectivity index (χ3n) is 1.88. The third-order valence-corrected chi connectivity index (χ3v) is 2.34. The van der Waals surface area contributed by atoms with Crippen LogP contribution >= 0.6 is 32.6 Å². The van der Waals surface area contributed by atoms with Crippen LogP contribution in [0.4, 0.5) is 11.4 Å². The van der Waals surface area contributed by atoms with Gasteiger partial charge in [0, 0.05) is 0 Å². The summed E-state index contributed by atoms with van der Waals surface area (Å²) in [6.45, 7) is -0.356. The first-order valence-electron chi connectivity index (χ1n) is 5.19. The minimum absolute atomic E-state index is 0. The monoisotopic (exact) mass is 374 g/mol. The number of hydrogen-bond donors (Lipinski definition) is 6. The van der Waals surface area contributed by atoms with Crippen LogP contribution < -0.4 is 22.9 Å². The van der Waals surface area contributed by atoms with Gasteiger partial charge in [0.2, 0.25) is 0 Å². The smallest absolute Gasteiger partial charge is 0.370 e. The molecule has 0 aliphatic heterocycles. The molecule has 1 rings (SSSR count). The van der Waals surface area contributed by atoms with E-state index in [1.807, 2.05) is 0 Å². The summed E-state index contributed by atoms with van der Waals surface area (Å²) in [5.41, 5.74) is 22.0. The molecule has 10 nitrogen and oxygen atoms in total. The Bertz CT molecular complexity index is 562. The molecule has 0 aromatic heterocycles. The average molecular weight is 375 g/mol. The van der Waals surface area contributed by atoms with Gasteiger partial charge >= 0.3 is 7.82 Å². The van der Waals surface area contributed by atoms with Gasteiger partial charge in [0.25, 0.3) is 0 Å². The predicted octanol–water partition coefficient (Wildman–Crippen LogP) is -0.0507. The van der Waals surface area contributed by atoms with Gasteiger partial charge in [-0.1, -0.05) is 0 Å². The number of rotatable bonds is 5. The van der Waals surface area contributed by atoms with Crippen LogP contribution in [0.2, 0.25) is 0 Å². The molecule has 0 heterocycles. The van der Waals surface area contributed by atoms with Gasteiger partial charge in [0.1, 0.15) is 0 Å². The molecule has 0 atom stereocenters. The number of guanidine groups is 2. The van der Waals surface area contributed by atoms with Crippen molar-refractivity contribution in [1.82, 2.24) is 0 Å². The molecule has 0 aliphatic carbocycles. The first-order chi connectivity index (χ1) is 9.15. The zero-order valence-electron chi connectivity index (χ0n) is 11.1. The van der Waals surface area contributed by atoms with Crippen LogP contribution in [0.25, 0.3) is 0 Å². The number of benzene rings is 1. The maximum absolute atomic E-state index is 10.7. The van der Waals surface area contributed by atoms with Crippen LogP contribution in [-0.2, 0) is 15.7 Å². The van der Waals surface area contributed by atoms with Crippen LogP contribution in [0.1, 0.15) is 5.56 Å². The van der Waals surface area contributed by atoms with Crippen LogP contribution in [-0.4, -0.2) is 21.7 Å². The molecule has 0 aliphatic rings. The van der Waals surface area contributed by atoms with E-state index in [2.05, 4.69) is 14.5 Å². The summed E-state index contributed by atoms with van der Waals surface area (Å²) in [6.07, 6.45) is 0. The van der Waals surface area contributed by atoms with E-state index in [1.54, 1.807) is 0 Å². The number of aliphatic imine (C=N–C) groups is 2. The van der Waals surface area contributed by atoms with E-state index in [-0.39, 0.29) is 43.3 Å². The van der Waals surface area contributed by atoms with Gasteiger partial charge in [-0.05, 0) is 23.8 Å². The van der Waals surface area contributed by atoms with Gasteiger partial charge in [0.15, 0.2) is 11.9 Å². The molecule has 0 bridgehead atoms. The Morgan fingerprint density at radius 2 is 1.41 bits per heavy atom. The van der Waals surface area contributed by atoms with E-state index in [4.69, 9.17) is 32.7 Å². The molecule has 0 unspecified atom stereocenters. The molecule has 0 saturated heterocycles. The fraction of sp³-hybridized carbons (Fsp3) is 0.111. The summed E-state index contributed by atoms with van der Waals surface area (Å²) in [5, 5.41) is 0. The summed E-state index contributed by atoms with van der Waals surface area (Å²) in [6, 6.07) is 4.43. The number of phosphoric acid groups is 1. The average Bonchev–Trinajstić information content (AvgIpc) is 2.23. The van der Waals surface area contributed by atoms with Gasteiger partial charge in [0.05, 0.1) is 18.0 Å². The SMILES string of the molecule is Cl.Cl.NC(N)=Nc1cc(COP(=O)(O)O)cc(N=C(N)N)c1. The normalized spacial score (nSPS) is 9.91. The second-order valence-corrected chi connectivity index (χ2v) is 4.93. The van der Waals surface area contributed by atoms with Crippen molar-refractivity contribution in [1.29, 1.82) is 0 Å². The quantitative estimate of drug-likeness (QED) is 0.234. The minimum atomic E-state index is -4.59. The first kappa shape index (κ1) is 22.7. The van der Waals surface area contributed by atoms with E-state index >= 15 is 0 Å². The summed E-state index contributed by atoms with van der Waals surface area (Å²) in [4.78, 5) is 24.9. The zero-order valence-corrected chi connectivity index (χ0v) is 13.6. The van der Waals surface area contributed by atoms with E-state index in [1.165, 1.54) is 18.2 Å². The minimum Gasteiger partial charge on any atom is -0.370 e. The standard InChI is InChI=1S/C9H15N6O4P.2ClH/c10-8(11)14-6-1-5(4-19-20(16,17)18)2-7(3-6)15-9(12)13;;/h1-3H,4H2,(H4,10,11,14)(H4,12,13,15)(H2,16,17,18);2*1H. The van der Waals surface area contributed by atoms with Gasteiger partial charge in [-0.15, -0.1) is 24.8 Å². The van der Waals surface area contributed by atoms with Crippen LogP contribution in [0.5, 0.6) is 0 Å². The van der Waals surface area contributed by atoms with Crippen molar-refractivity contribution in [3.63, 3.8) is 0 Å². The van der Waals surface area contributed by atoms with Crippen molar-refractivity contribution in [3.8, 4) is 0 Å². The maximum atomic E-state index is 10.7. The molecule has 1 aromatic carbocycles. The summed E-state index contributed by atoms with van der Waals surface area (Å²) in [5.74, 6) is -0.373. The fourth-order valence-electron chi connectivity index (χ4n) is 1.33. The highest BCUT2D eigenvalue weighted by atomic mass is 35.5. The topological polar surface area (TPSA) is 196 Å². The van der Waals surface area contributed by atoms with Crippen LogP contribution in [0.3, 0.4) is 0 Å². The molecule has 10 N–H and O–H groups in total. The van der Waals surface area contributed by atoms with Crippen molar-refractivity contribution in [3.05, 3.63) is 23.8 Å². The predicted molar refractivity (Wildman–Crippen MR) is 88.7 cm³/mol. The highest BCUT2D eigenvalue weighted by Crippen LogP contribution is 2.37. The third kappa shape index (κ3) is 9.40. The second-order valence-electron chi connectivity index (χ2n) is 3.70. The Labute approximate surface area is 138 Å². The molecule has 0 amide bonds. The molecule has 22 heavy (non-hydrogen) atoms. The molecule has 13 heteroatoms. The Morgan fingerprint density at radius 3 is 1.73 bits per heavy atom. The van der Waals surface area contributed by atoms with E-state index in [0.717, 1.165) is 0 Å².